The Balaban J connectivity index is 0.000000100. The topological polar surface area (TPSA) is 118 Å². The fraction of sp³-hybridized carbons (Fsp3) is 0.00917. The fourth-order valence-electron chi connectivity index (χ4n) is 18.2. The third-order valence-corrected chi connectivity index (χ3v) is 24.7. The van der Waals surface area contributed by atoms with E-state index in [1.807, 2.05) is 158 Å². The van der Waals surface area contributed by atoms with Gasteiger partial charge in [0, 0.05) is 78.5 Å². The molecule has 0 aliphatic carbocycles. The summed E-state index contributed by atoms with van der Waals surface area (Å²) >= 11 is 7.23. The maximum absolute atomic E-state index is 6.67. The summed E-state index contributed by atoms with van der Waals surface area (Å²) in [4.78, 5) is 2.42. The number of nitrogen functional groups attached to an aromatic ring is 1. The van der Waals surface area contributed by atoms with Crippen LogP contribution in [0.5, 0.6) is 34.5 Å². The van der Waals surface area contributed by atoms with Crippen LogP contribution in [-0.2, 0) is 6.42 Å². The van der Waals surface area contributed by atoms with Crippen LogP contribution >= 0.6 is 31.9 Å². The van der Waals surface area contributed by atoms with E-state index in [1.165, 1.54) is 66.0 Å². The molecule has 18 aromatic carbocycles. The summed E-state index contributed by atoms with van der Waals surface area (Å²) in [6.07, 6.45) is 0.883. The second-order valence-corrected chi connectivity index (χ2v) is 32.3. The monoisotopic (exact) mass is 1710 g/mol. The lowest BCUT2D eigenvalue weighted by atomic mass is 9.97. The number of nitrogens with two attached hydrogens (primary N) is 1. The predicted molar refractivity (Wildman–Crippen MR) is 508 cm³/mol. The van der Waals surface area contributed by atoms with Crippen LogP contribution in [0, 0.1) is 0 Å². The van der Waals surface area contributed by atoms with Crippen molar-refractivity contribution in [1.29, 1.82) is 0 Å². The van der Waals surface area contributed by atoms with Crippen molar-refractivity contribution in [2.24, 2.45) is 0 Å². The number of para-hydroxylation sites is 7. The van der Waals surface area contributed by atoms with E-state index >= 15 is 0 Å². The van der Waals surface area contributed by atoms with Crippen molar-refractivity contribution in [1.82, 2.24) is 9.13 Å². The maximum atomic E-state index is 6.67. The summed E-state index contributed by atoms with van der Waals surface area (Å²) in [6.45, 7) is 0. The number of benzene rings is 18. The highest BCUT2D eigenvalue weighted by atomic mass is 79.9. The number of ether oxygens (including phenoxy) is 3. The van der Waals surface area contributed by atoms with Crippen molar-refractivity contribution in [3.63, 3.8) is 0 Å². The van der Waals surface area contributed by atoms with Crippen molar-refractivity contribution < 1.29 is 30.4 Å². The molecule has 0 bridgehead atoms. The summed E-state index contributed by atoms with van der Waals surface area (Å²) in [7, 11) is 0. The lowest BCUT2D eigenvalue weighted by Gasteiger charge is -2.29. The van der Waals surface area contributed by atoms with Crippen LogP contribution in [0.3, 0.4) is 0 Å². The van der Waals surface area contributed by atoms with E-state index in [0.717, 1.165) is 183 Å². The van der Waals surface area contributed by atoms with Crippen LogP contribution in [0.15, 0.2) is 410 Å². The summed E-state index contributed by atoms with van der Waals surface area (Å²) in [5.74, 6) is 5.23. The highest BCUT2D eigenvalue weighted by Crippen LogP contribution is 2.58. The largest absolute Gasteiger partial charge is 0.456 e. The van der Waals surface area contributed by atoms with E-state index in [0.29, 0.717) is 0 Å². The fourth-order valence-corrected chi connectivity index (χ4v) is 19.2. The molecule has 0 saturated heterocycles. The van der Waals surface area contributed by atoms with Gasteiger partial charge in [-0.2, -0.15) is 0 Å². The van der Waals surface area contributed by atoms with Gasteiger partial charge < -0.3 is 48.0 Å². The smallest absolute Gasteiger partial charge is 0.155 e. The zero-order valence-electron chi connectivity index (χ0n) is 67.3. The molecule has 122 heavy (non-hydrogen) atoms. The van der Waals surface area contributed by atoms with Gasteiger partial charge in [-0.05, 0) is 184 Å². The number of halogens is 2. The molecule has 0 amide bonds. The van der Waals surface area contributed by atoms with E-state index < -0.39 is 0 Å². The van der Waals surface area contributed by atoms with Gasteiger partial charge in [0.2, 0.25) is 0 Å². The van der Waals surface area contributed by atoms with Crippen molar-refractivity contribution in [3.05, 3.63) is 408 Å². The van der Waals surface area contributed by atoms with E-state index in [9.17, 15) is 0 Å². The number of anilines is 6. The SMILES string of the molecule is Brc1ccc2c3c1c1cccc4c1n3-c1c(cccc1O2)O4.Brc1cccc2oc3ccccc3c12.Nc1cccc(-c2ccccc2)c1.[3H][3H].c1ccc(-c2cccc(N(c3cccc4oc5ccccc5c34)c3ccc4c5c3c3cccc6c3n5-c3c(cccc3O4)C6)c2)cc1.c1ccc(-c2cccc(Nc3cccc4oc5ccccc5c34)c2)cc1. The summed E-state index contributed by atoms with van der Waals surface area (Å²) < 4.78 is 53.9. The van der Waals surface area contributed by atoms with Gasteiger partial charge in [0.05, 0.1) is 55.6 Å². The van der Waals surface area contributed by atoms with Gasteiger partial charge in [0.15, 0.2) is 34.5 Å². The molecule has 0 unspecified atom stereocenters. The van der Waals surface area contributed by atoms with Gasteiger partial charge in [-0.1, -0.05) is 281 Å². The molecule has 0 atom stereocenters. The van der Waals surface area contributed by atoms with Gasteiger partial charge in [-0.3, -0.25) is 4.57 Å². The van der Waals surface area contributed by atoms with Crippen LogP contribution in [0.2, 0.25) is 0 Å². The van der Waals surface area contributed by atoms with Gasteiger partial charge in [-0.15, -0.1) is 0 Å². The highest BCUT2D eigenvalue weighted by Gasteiger charge is 2.35. The summed E-state index contributed by atoms with van der Waals surface area (Å²) in [5, 5.41) is 15.1. The zero-order valence-corrected chi connectivity index (χ0v) is 68.5. The van der Waals surface area contributed by atoms with Crippen molar-refractivity contribution in [2.75, 3.05) is 16.0 Å². The molecule has 11 nitrogen and oxygen atoms in total. The van der Waals surface area contributed by atoms with Crippen molar-refractivity contribution in [3.8, 4) is 79.3 Å². The van der Waals surface area contributed by atoms with E-state index in [2.05, 4.69) is 282 Å². The van der Waals surface area contributed by atoms with E-state index in [1.54, 1.807) is 0 Å². The quantitative estimate of drug-likeness (QED) is 0.143. The van der Waals surface area contributed by atoms with Gasteiger partial charge in [0.1, 0.15) is 39.2 Å². The third kappa shape index (κ3) is 12.2. The zero-order chi connectivity index (χ0) is 83.0. The molecule has 13 heteroatoms. The number of nitrogens with zero attached hydrogens (tertiary/aromatic N) is 3. The van der Waals surface area contributed by atoms with E-state index in [-0.39, 0.29) is 0 Å². The first-order valence-electron chi connectivity index (χ1n) is 41.5. The number of hydrogen-bond acceptors (Lipinski definition) is 9. The normalized spacial score (nSPS) is 12.1. The first-order chi connectivity index (χ1) is 61.2. The predicted octanol–water partition coefficient (Wildman–Crippen LogP) is 32.1. The first-order valence-corrected chi connectivity index (χ1v) is 42.1. The number of fused-ring (bicyclic) bond motifs is 11. The van der Waals surface area contributed by atoms with Gasteiger partial charge >= 0.3 is 0 Å². The molecule has 0 spiro atoms. The average molecular weight is 1710 g/mol. The average Bonchev–Trinajstić information content (AvgIpc) is 1.53. The molecule has 4 aliphatic heterocycles. The molecular weight excluding hydrogens is 1640 g/mol. The standard InChI is InChI=1S/C43H26N2O2.C24H17NO.C18H8BrNO2.C12H7BrO.C12H11N.H2/c1-2-10-26(11-3-1)27-12-6-15-30(25-27)44(33-18-9-20-36-39(33)31-16-4-5-19-35(31)46-36)34-22-23-38-43-40(34)32-17-7-13-28-24-29-14-8-21-37(47-38)42(29)45(43)41(28)32;1-2-8-17(9-3-1)18-10-6-11-19(16-18)25-21-13-7-15-23-24(21)20-12-4-5-14-22(20)26-23;19-10-7-8-14-18-15(10)9-3-1-4-11-16(9)20(18)17-12(21-11)5-2-6-13(17)22-14;13-9-5-3-7-11-12(9)8-4-1-2-6-10(8)14-11;13-12-8-4-7-11(9-12)10-5-2-1-3-6-10;/h1-23,25H,24H2;1-16,25H;1-8H;1-7H;1-9H,13H2;1H/i;;;;;1+2T. The van der Waals surface area contributed by atoms with E-state index in [4.69, 9.17) is 36.2 Å². The van der Waals surface area contributed by atoms with Gasteiger partial charge in [-0.25, -0.2) is 0 Å². The number of furan rings is 3. The molecule has 0 fully saturated rings. The Morgan fingerprint density at radius 1 is 0.295 bits per heavy atom. The second-order valence-electron chi connectivity index (χ2n) is 30.6. The Morgan fingerprint density at radius 3 is 1.39 bits per heavy atom. The molecule has 0 saturated carbocycles. The molecule has 0 radical (unpaired) electrons. The van der Waals surface area contributed by atoms with Crippen molar-refractivity contribution in [2.45, 2.75) is 6.42 Å². The minimum absolute atomic E-state index is 0.807. The molecular formula is C109H71Br2N5O6. The molecule has 4 aliphatic rings. The maximum Gasteiger partial charge on any atom is 0.155 e. The van der Waals surface area contributed by atoms with Crippen LogP contribution in [0.1, 0.15) is 14.1 Å². The number of rotatable bonds is 8. The molecule has 9 heterocycles. The minimum Gasteiger partial charge on any atom is -0.456 e. The molecule has 23 aromatic rings. The van der Waals surface area contributed by atoms with Crippen molar-refractivity contribution >= 4 is 175 Å². The van der Waals surface area contributed by atoms with Crippen LogP contribution < -0.4 is 30.2 Å². The second kappa shape index (κ2) is 29.7. The Kier molecular flexibility index (Phi) is 17.2. The highest BCUT2D eigenvalue weighted by molar-refractivity contribution is 9.11. The van der Waals surface area contributed by atoms with Crippen LogP contribution in [0.4, 0.5) is 34.1 Å². The third-order valence-electron chi connectivity index (χ3n) is 23.4. The number of hydrogen-bond donors (Lipinski definition) is 2. The number of aromatic nitrogens is 2. The summed E-state index contributed by atoms with van der Waals surface area (Å²) in [6, 6.07) is 133. The Bertz CT molecular complexity index is 8110. The Hall–Kier alpha value is -15.3. The molecule has 5 aromatic heterocycles. The lowest BCUT2D eigenvalue weighted by Crippen LogP contribution is -2.13. The lowest BCUT2D eigenvalue weighted by molar-refractivity contribution is 0.444. The molecule has 3 N–H and O–H groups in total. The van der Waals surface area contributed by atoms with Gasteiger partial charge in [0.25, 0.3) is 0 Å². The molecule has 582 valence electrons. The number of nitrogens with one attached hydrogen (secondary N) is 1. The van der Waals surface area contributed by atoms with Crippen LogP contribution in [0.25, 0.3) is 154 Å². The Labute approximate surface area is 719 Å². The summed E-state index contributed by atoms with van der Waals surface area (Å²) in [5.41, 5.74) is 33.8. The van der Waals surface area contributed by atoms with Crippen LogP contribution in [-0.4, -0.2) is 9.13 Å². The first kappa shape index (κ1) is 70.9. The minimum atomic E-state index is 0.807. The Morgan fingerprint density at radius 2 is 0.721 bits per heavy atom. The molecule has 27 rings (SSSR count).